The molecule has 1 aliphatic rings. The van der Waals surface area contributed by atoms with E-state index < -0.39 is 0 Å². The highest BCUT2D eigenvalue weighted by Crippen LogP contribution is 2.39. The van der Waals surface area contributed by atoms with Crippen LogP contribution < -0.4 is 0 Å². The van der Waals surface area contributed by atoms with E-state index in [0.717, 1.165) is 66.7 Å². The Bertz CT molecular complexity index is 2640. The van der Waals surface area contributed by atoms with E-state index in [1.54, 1.807) is 0 Å². The second kappa shape index (κ2) is 13.7. The zero-order valence-electron chi connectivity index (χ0n) is 28.3. The highest BCUT2D eigenvalue weighted by atomic mass is 32.1. The maximum absolute atomic E-state index is 9.60. The van der Waals surface area contributed by atoms with Gasteiger partial charge in [-0.25, -0.2) is 24.3 Å². The number of para-hydroxylation sites is 1. The van der Waals surface area contributed by atoms with Gasteiger partial charge < -0.3 is 0 Å². The summed E-state index contributed by atoms with van der Waals surface area (Å²) < 4.78 is 4.43. The zero-order valence-corrected chi connectivity index (χ0v) is 29.2. The summed E-state index contributed by atoms with van der Waals surface area (Å²) in [5, 5.41) is 10.5. The Morgan fingerprint density at radius 3 is 1.49 bits per heavy atom. The molecule has 7 heteroatoms. The van der Waals surface area contributed by atoms with E-state index in [2.05, 4.69) is 65.7 Å². The summed E-state index contributed by atoms with van der Waals surface area (Å²) in [5.74, 6) is 1.35. The van der Waals surface area contributed by atoms with Crippen molar-refractivity contribution in [2.24, 2.45) is 4.40 Å². The summed E-state index contributed by atoms with van der Waals surface area (Å²) in [6, 6.07) is 54.9. The van der Waals surface area contributed by atoms with Crippen molar-refractivity contribution in [2.45, 2.75) is 0 Å². The molecule has 53 heavy (non-hydrogen) atoms. The summed E-state index contributed by atoms with van der Waals surface area (Å²) in [4.78, 5) is 20.4. The quantitative estimate of drug-likeness (QED) is 0.169. The van der Waals surface area contributed by atoms with Crippen LogP contribution in [0.1, 0.15) is 17.0 Å². The molecule has 0 saturated heterocycles. The molecule has 8 aromatic rings. The number of rotatable bonds is 6. The molecule has 2 heterocycles. The first kappa shape index (κ1) is 32.1. The number of hydrogen-bond donors (Lipinski definition) is 2. The van der Waals surface area contributed by atoms with E-state index >= 15 is 0 Å². The molecule has 1 N–H and O–H groups in total. The Kier molecular flexibility index (Phi) is 8.31. The molecule has 0 fully saturated rings. The minimum Gasteiger partial charge on any atom is -0.298 e. The Hall–Kier alpha value is -6.83. The molecule has 0 bridgehead atoms. The fourth-order valence-electron chi connectivity index (χ4n) is 6.88. The van der Waals surface area contributed by atoms with Crippen molar-refractivity contribution in [1.82, 2.24) is 19.9 Å². The number of pyridine rings is 1. The van der Waals surface area contributed by atoms with Gasteiger partial charge in [-0.05, 0) is 59.3 Å². The van der Waals surface area contributed by atoms with Crippen LogP contribution in [0.15, 0.2) is 168 Å². The van der Waals surface area contributed by atoms with Gasteiger partial charge in [0.15, 0.2) is 17.5 Å². The molecule has 0 spiro atoms. The second-order valence-corrected chi connectivity index (χ2v) is 12.9. The van der Waals surface area contributed by atoms with Gasteiger partial charge in [-0.3, -0.25) is 5.41 Å². The number of thiol groups is 1. The van der Waals surface area contributed by atoms with Crippen LogP contribution in [0.5, 0.6) is 0 Å². The lowest BCUT2D eigenvalue weighted by Crippen LogP contribution is -2.23. The van der Waals surface area contributed by atoms with Crippen LogP contribution in [0.4, 0.5) is 0 Å². The van der Waals surface area contributed by atoms with E-state index in [1.165, 1.54) is 0 Å². The molecule has 0 atom stereocenters. The van der Waals surface area contributed by atoms with Gasteiger partial charge in [-0.1, -0.05) is 146 Å². The summed E-state index contributed by atoms with van der Waals surface area (Å²) in [6.07, 6.45) is 1.98. The topological polar surface area (TPSA) is 87.8 Å². The van der Waals surface area contributed by atoms with Crippen LogP contribution >= 0.6 is 12.8 Å². The van der Waals surface area contributed by atoms with Crippen molar-refractivity contribution in [3.05, 3.63) is 181 Å². The lowest BCUT2D eigenvalue weighted by atomic mass is 9.84. The van der Waals surface area contributed by atoms with Gasteiger partial charge >= 0.3 is 0 Å². The SMILES string of the molecule is N=C1C(c2nc(-c3cccc(-c4ccccc4)c3)nc(-c3cccc(-c4ccccc4)c3)n2)=Cc2c(-c3ccccc3)nc3ccccc3c2C1=NS. The van der Waals surface area contributed by atoms with Crippen LogP contribution in [-0.2, 0) is 0 Å². The standard InChI is InChI=1S/C46H30N6S/c47-41-38(28-37-40(43(41)52-53)36-24-10-11-25-39(36)48-42(37)31-18-8-3-9-19-31)46-50-44(34-22-12-20-32(26-34)29-14-4-1-5-15-29)49-45(51-46)35-23-13-21-33(27-35)30-16-6-2-7-17-30/h1-28,47,53H. The Morgan fingerprint density at radius 2 is 0.925 bits per heavy atom. The van der Waals surface area contributed by atoms with Crippen molar-refractivity contribution >= 4 is 46.8 Å². The van der Waals surface area contributed by atoms with Gasteiger partial charge in [0.05, 0.1) is 16.9 Å². The second-order valence-electron chi connectivity index (χ2n) is 12.7. The lowest BCUT2D eigenvalue weighted by molar-refractivity contribution is 1.04. The number of aromatic nitrogens is 4. The molecule has 0 aliphatic heterocycles. The first-order chi connectivity index (χ1) is 26.1. The Morgan fingerprint density at radius 1 is 0.453 bits per heavy atom. The minimum absolute atomic E-state index is 0.169. The fraction of sp³-hybridized carbons (Fsp3) is 0. The van der Waals surface area contributed by atoms with Crippen molar-refractivity contribution in [3.8, 4) is 56.3 Å². The maximum Gasteiger partial charge on any atom is 0.166 e. The van der Waals surface area contributed by atoms with Crippen LogP contribution in [0, 0.1) is 5.41 Å². The Balaban J connectivity index is 1.29. The number of allylic oxidation sites excluding steroid dienone is 1. The third kappa shape index (κ3) is 6.03. The van der Waals surface area contributed by atoms with Gasteiger partial charge in [-0.2, -0.15) is 0 Å². The van der Waals surface area contributed by atoms with Crippen LogP contribution in [0.2, 0.25) is 0 Å². The van der Waals surface area contributed by atoms with Crippen molar-refractivity contribution in [3.63, 3.8) is 0 Å². The number of benzene rings is 6. The van der Waals surface area contributed by atoms with Gasteiger partial charge in [0.2, 0.25) is 0 Å². The first-order valence-corrected chi connectivity index (χ1v) is 17.6. The van der Waals surface area contributed by atoms with Crippen molar-refractivity contribution in [1.29, 1.82) is 5.41 Å². The summed E-state index contributed by atoms with van der Waals surface area (Å²) >= 11 is 4.44. The fourth-order valence-corrected chi connectivity index (χ4v) is 7.08. The molecule has 0 radical (unpaired) electrons. The third-order valence-electron chi connectivity index (χ3n) is 9.44. The molecule has 1 aliphatic carbocycles. The van der Waals surface area contributed by atoms with Gasteiger partial charge in [-0.15, -0.1) is 0 Å². The summed E-state index contributed by atoms with van der Waals surface area (Å²) in [6.45, 7) is 0. The molecule has 9 rings (SSSR count). The molecular weight excluding hydrogens is 669 g/mol. The number of fused-ring (bicyclic) bond motifs is 3. The van der Waals surface area contributed by atoms with Crippen LogP contribution in [-0.4, -0.2) is 31.4 Å². The summed E-state index contributed by atoms with van der Waals surface area (Å²) in [5.41, 5.74) is 11.2. The highest BCUT2D eigenvalue weighted by molar-refractivity contribution is 7.79. The zero-order chi connectivity index (χ0) is 35.7. The number of hydrogen-bond acceptors (Lipinski definition) is 7. The average molecular weight is 699 g/mol. The van der Waals surface area contributed by atoms with E-state index in [9.17, 15) is 5.41 Å². The molecule has 2 aromatic heterocycles. The predicted octanol–water partition coefficient (Wildman–Crippen LogP) is 11.0. The highest BCUT2D eigenvalue weighted by Gasteiger charge is 2.30. The maximum atomic E-state index is 9.60. The number of nitrogens with one attached hydrogen (secondary N) is 1. The van der Waals surface area contributed by atoms with E-state index in [4.69, 9.17) is 19.9 Å². The van der Waals surface area contributed by atoms with E-state index in [-0.39, 0.29) is 5.71 Å². The van der Waals surface area contributed by atoms with Gasteiger partial charge in [0, 0.05) is 38.8 Å². The Labute approximate surface area is 312 Å². The molecule has 250 valence electrons. The molecular formula is C46H30N6S. The molecule has 0 saturated carbocycles. The van der Waals surface area contributed by atoms with Crippen LogP contribution in [0.25, 0.3) is 78.8 Å². The smallest absolute Gasteiger partial charge is 0.166 e. The molecule has 0 unspecified atom stereocenters. The molecule has 6 aromatic carbocycles. The largest absolute Gasteiger partial charge is 0.298 e. The van der Waals surface area contributed by atoms with Crippen molar-refractivity contribution in [2.75, 3.05) is 0 Å². The van der Waals surface area contributed by atoms with Gasteiger partial charge in [0.25, 0.3) is 0 Å². The van der Waals surface area contributed by atoms with Gasteiger partial charge in [0.1, 0.15) is 5.71 Å². The monoisotopic (exact) mass is 698 g/mol. The number of nitrogens with zero attached hydrogens (tertiary/aromatic N) is 5. The minimum atomic E-state index is 0.169. The average Bonchev–Trinajstić information content (AvgIpc) is 3.24. The normalized spacial score (nSPS) is 13.2. The van der Waals surface area contributed by atoms with Crippen LogP contribution in [0.3, 0.4) is 0 Å². The van der Waals surface area contributed by atoms with E-state index in [0.29, 0.717) is 28.8 Å². The molecule has 0 amide bonds. The van der Waals surface area contributed by atoms with Crippen molar-refractivity contribution < 1.29 is 0 Å². The lowest BCUT2D eigenvalue weighted by Gasteiger charge is -2.23. The molecule has 6 nitrogen and oxygen atoms in total. The summed E-state index contributed by atoms with van der Waals surface area (Å²) in [7, 11) is 0. The predicted molar refractivity (Wildman–Crippen MR) is 220 cm³/mol. The first-order valence-electron chi connectivity index (χ1n) is 17.2. The third-order valence-corrected chi connectivity index (χ3v) is 9.64. The van der Waals surface area contributed by atoms with E-state index in [1.807, 2.05) is 121 Å².